The number of rotatable bonds is 7. The van der Waals surface area contributed by atoms with Crippen LogP contribution in [-0.4, -0.2) is 166 Å². The molecule has 3 saturated carbocycles. The van der Waals surface area contributed by atoms with Crippen LogP contribution in [0.5, 0.6) is 0 Å². The largest absolute Gasteiger partial charge is 0.444 e. The molecular formula is C61H91Cl2N17O8. The fraction of sp³-hybridized carbons (Fsp3) is 0.623. The number of ether oxygens (including phenoxy) is 2. The van der Waals surface area contributed by atoms with Crippen molar-refractivity contribution < 1.29 is 39.2 Å². The number of benzene rings is 1. The third kappa shape index (κ3) is 17.8. The van der Waals surface area contributed by atoms with Crippen LogP contribution in [0.25, 0.3) is 10.9 Å². The molecule has 10 N–H and O–H groups in total. The number of nitrogens with two attached hydrogens (primary N) is 1. The number of halogens is 2. The number of aromatic nitrogens is 9. The number of nitrogens with zero attached hydrogens (tertiary/aromatic N) is 11. The predicted molar refractivity (Wildman–Crippen MR) is 339 cm³/mol. The number of hydrogen-bond donors (Lipinski definition) is 9. The average Bonchev–Trinajstić information content (AvgIpc) is 4.53. The van der Waals surface area contributed by atoms with Crippen molar-refractivity contribution in [3.63, 3.8) is 0 Å². The van der Waals surface area contributed by atoms with E-state index in [2.05, 4.69) is 57.4 Å². The van der Waals surface area contributed by atoms with Gasteiger partial charge in [-0.15, -0.1) is 12.4 Å². The van der Waals surface area contributed by atoms with Gasteiger partial charge in [-0.05, 0) is 137 Å². The maximum absolute atomic E-state index is 13.0. The van der Waals surface area contributed by atoms with E-state index in [1.165, 1.54) is 5.69 Å². The molecule has 9 heterocycles. The van der Waals surface area contributed by atoms with Crippen molar-refractivity contribution in [3.8, 4) is 0 Å². The van der Waals surface area contributed by atoms with Crippen molar-refractivity contribution in [3.05, 3.63) is 82.0 Å². The van der Waals surface area contributed by atoms with E-state index in [0.717, 1.165) is 142 Å². The maximum Gasteiger partial charge on any atom is 0.410 e. The molecule has 0 radical (unpaired) electrons. The number of nitrogen functional groups attached to an aromatic ring is 1. The average molecular weight is 1260 g/mol. The zero-order valence-electron chi connectivity index (χ0n) is 51.7. The number of aliphatic hydroxyl groups excluding tert-OH is 3. The Bertz CT molecular complexity index is 3260. The lowest BCUT2D eigenvalue weighted by atomic mass is 9.93. The number of amides is 3. The van der Waals surface area contributed by atoms with Crippen LogP contribution in [0.1, 0.15) is 152 Å². The van der Waals surface area contributed by atoms with Crippen LogP contribution in [0.15, 0.2) is 48.5 Å². The highest BCUT2D eigenvalue weighted by Gasteiger charge is 2.31. The fourth-order valence-electron chi connectivity index (χ4n) is 12.1. The zero-order chi connectivity index (χ0) is 61.6. The van der Waals surface area contributed by atoms with Crippen LogP contribution in [0, 0.1) is 0 Å². The van der Waals surface area contributed by atoms with Gasteiger partial charge >= 0.3 is 12.2 Å². The first-order chi connectivity index (χ1) is 41.5. The Morgan fingerprint density at radius 3 is 1.41 bits per heavy atom. The molecule has 27 heteroatoms. The summed E-state index contributed by atoms with van der Waals surface area (Å²) >= 11 is 6.24. The van der Waals surface area contributed by atoms with Gasteiger partial charge in [0.05, 0.1) is 86.9 Å². The number of anilines is 4. The monoisotopic (exact) mass is 1260 g/mol. The third-order valence-corrected chi connectivity index (χ3v) is 17.0. The molecule has 4 aliphatic heterocycles. The molecule has 6 aromatic rings. The summed E-state index contributed by atoms with van der Waals surface area (Å²) in [6.07, 6.45) is 10.1. The van der Waals surface area contributed by atoms with Crippen molar-refractivity contribution >= 4 is 76.3 Å². The van der Waals surface area contributed by atoms with Crippen molar-refractivity contribution in [2.24, 2.45) is 0 Å². The Labute approximate surface area is 525 Å². The minimum Gasteiger partial charge on any atom is -0.444 e. The lowest BCUT2D eigenvalue weighted by Gasteiger charge is -2.30. The lowest BCUT2D eigenvalue weighted by molar-refractivity contribution is 0.0184. The number of H-pyrrole nitrogens is 1. The van der Waals surface area contributed by atoms with E-state index in [1.807, 2.05) is 96.9 Å². The topological polar surface area (TPSA) is 301 Å². The highest BCUT2D eigenvalue weighted by molar-refractivity contribution is 6.35. The van der Waals surface area contributed by atoms with Gasteiger partial charge < -0.3 is 71.5 Å². The zero-order valence-corrected chi connectivity index (χ0v) is 53.3. The molecule has 0 saturated heterocycles. The Kier molecular flexibility index (Phi) is 21.5. The standard InChI is InChI=1S/C21H24ClN5O2.C17H28N4O3.C12H20N4O.C11H18N4O2.ClH/c22-17-2-1-3-18-16(17)11-19(24-18)21(29)26-8-9-27-14(12-26)10-20(25-27)23-13-4-6-15(28)7-5-13;1-17(2,3)24-16(23)20-8-9-21-13(11-20)10-15(19-21)18-12-4-6-14(22)7-5-12;17-11-3-1-9(2-4-11)14-12-7-10-8-13-5-6-16(10)15-12;1-11(2,3)17-10(16)14-4-5-15-8(7-14)6-9(12)13-15;/h1-3,10-11,13,15,24,28H,4-9,12H2,(H,23,25);10,12,14,22H,4-9,11H2,1-3H3,(H,18,19);7,9,11,13,17H,1-6,8H2,(H,14,15);6H,4-5,7H2,1-3H3,(H2,12,13);1H. The molecule has 0 bridgehead atoms. The summed E-state index contributed by atoms with van der Waals surface area (Å²) in [6, 6.07) is 16.6. The van der Waals surface area contributed by atoms with Gasteiger partial charge in [0.2, 0.25) is 0 Å². The predicted octanol–water partition coefficient (Wildman–Crippen LogP) is 8.08. The molecule has 88 heavy (non-hydrogen) atoms. The second-order valence-corrected chi connectivity index (χ2v) is 26.5. The van der Waals surface area contributed by atoms with Crippen molar-refractivity contribution in [2.75, 3.05) is 47.9 Å². The Balaban J connectivity index is 0.000000143. The molecule has 0 unspecified atom stereocenters. The van der Waals surface area contributed by atoms with Gasteiger partial charge in [-0.3, -0.25) is 23.5 Å². The van der Waals surface area contributed by atoms with Crippen LogP contribution in [0.4, 0.5) is 32.9 Å². The molecule has 482 valence electrons. The van der Waals surface area contributed by atoms with Gasteiger partial charge in [-0.2, -0.15) is 20.4 Å². The summed E-state index contributed by atoms with van der Waals surface area (Å²) < 4.78 is 18.6. The van der Waals surface area contributed by atoms with Gasteiger partial charge in [0.25, 0.3) is 5.91 Å². The number of carbonyl (C=O) groups excluding carboxylic acids is 3. The summed E-state index contributed by atoms with van der Waals surface area (Å²) in [5.74, 6) is 3.17. The van der Waals surface area contributed by atoms with E-state index in [0.29, 0.717) is 93.6 Å². The van der Waals surface area contributed by atoms with Crippen LogP contribution >= 0.6 is 24.0 Å². The minimum absolute atomic E-state index is 0. The van der Waals surface area contributed by atoms with E-state index in [-0.39, 0.29) is 48.8 Å². The van der Waals surface area contributed by atoms with E-state index in [9.17, 15) is 29.7 Å². The van der Waals surface area contributed by atoms with Gasteiger partial charge in [-0.1, -0.05) is 17.7 Å². The summed E-state index contributed by atoms with van der Waals surface area (Å²) in [5.41, 5.74) is 10.3. The SMILES string of the molecule is CC(C)(C)OC(=O)N1CCn2nc(N)cc2C1.CC(C)(C)OC(=O)N1CCn2nc(NC3CCC(O)CC3)cc2C1.Cl.O=C(c1cc2c(Cl)cccc2[nH]1)N1CCn2nc(NC3CCC(O)CC3)cc2C1.OC1CCC(Nc2cc3n(n2)CCNC3)CC1. The van der Waals surface area contributed by atoms with E-state index < -0.39 is 11.2 Å². The maximum atomic E-state index is 13.0. The van der Waals surface area contributed by atoms with Crippen molar-refractivity contribution in [1.29, 1.82) is 0 Å². The lowest BCUT2D eigenvalue weighted by Crippen LogP contribution is -2.41. The summed E-state index contributed by atoms with van der Waals surface area (Å²) in [5, 5.41) is 62.0. The van der Waals surface area contributed by atoms with E-state index in [4.69, 9.17) is 26.8 Å². The molecule has 0 spiro atoms. The smallest absolute Gasteiger partial charge is 0.410 e. The number of fused-ring (bicyclic) bond motifs is 5. The van der Waals surface area contributed by atoms with Gasteiger partial charge in [0, 0.05) is 91.0 Å². The third-order valence-electron chi connectivity index (χ3n) is 16.7. The molecule has 3 amide bonds. The molecule has 1 aromatic carbocycles. The van der Waals surface area contributed by atoms with Crippen LogP contribution in [-0.2, 0) is 61.8 Å². The number of aromatic amines is 1. The highest BCUT2D eigenvalue weighted by atomic mass is 35.5. The van der Waals surface area contributed by atoms with Crippen LogP contribution in [0.2, 0.25) is 5.02 Å². The molecule has 3 fully saturated rings. The van der Waals surface area contributed by atoms with Crippen molar-refractivity contribution in [2.45, 2.75) is 219 Å². The van der Waals surface area contributed by atoms with Crippen LogP contribution < -0.4 is 27.0 Å². The Morgan fingerprint density at radius 2 is 0.966 bits per heavy atom. The van der Waals surface area contributed by atoms with E-state index in [1.54, 1.807) is 15.9 Å². The van der Waals surface area contributed by atoms with Crippen molar-refractivity contribution in [1.82, 2.24) is 64.1 Å². The van der Waals surface area contributed by atoms with Gasteiger partial charge in [0.15, 0.2) is 0 Å². The molecule has 5 aromatic heterocycles. The Hall–Kier alpha value is -6.77. The number of carbonyl (C=O) groups is 3. The minimum atomic E-state index is -0.479. The van der Waals surface area contributed by atoms with Gasteiger partial charge in [-0.25, -0.2) is 9.59 Å². The Morgan fingerprint density at radius 1 is 0.557 bits per heavy atom. The summed E-state index contributed by atoms with van der Waals surface area (Å²) in [6.45, 7) is 19.5. The number of aliphatic hydroxyl groups is 3. The normalized spacial score (nSPS) is 22.5. The van der Waals surface area contributed by atoms with Gasteiger partial charge in [0.1, 0.15) is 40.2 Å². The first-order valence-corrected chi connectivity index (χ1v) is 31.5. The second-order valence-electron chi connectivity index (χ2n) is 26.1. The second kappa shape index (κ2) is 28.8. The molecule has 25 nitrogen and oxygen atoms in total. The molecule has 13 rings (SSSR count). The first-order valence-electron chi connectivity index (χ1n) is 31.1. The molecule has 3 aliphatic carbocycles. The van der Waals surface area contributed by atoms with Crippen LogP contribution in [0.3, 0.4) is 0 Å². The molecule has 0 atom stereocenters. The quantitative estimate of drug-likeness (QED) is 0.0730. The summed E-state index contributed by atoms with van der Waals surface area (Å²) in [7, 11) is 0. The fourth-order valence-corrected chi connectivity index (χ4v) is 12.3. The highest BCUT2D eigenvalue weighted by Crippen LogP contribution is 2.29. The first kappa shape index (κ1) is 65.7. The number of hydrogen-bond acceptors (Lipinski definition) is 17. The number of nitrogens with one attached hydrogen (secondary N) is 5. The van der Waals surface area contributed by atoms with E-state index >= 15 is 0 Å². The summed E-state index contributed by atoms with van der Waals surface area (Å²) in [4.78, 5) is 45.5. The molecular weight excluding hydrogens is 1170 g/mol. The molecule has 7 aliphatic rings.